The second-order valence-electron chi connectivity index (χ2n) is 5.07. The van der Waals surface area contributed by atoms with Gasteiger partial charge in [-0.1, -0.05) is 34.1 Å². The van der Waals surface area contributed by atoms with E-state index in [4.69, 9.17) is 17.0 Å². The third-order valence-electron chi connectivity index (χ3n) is 3.04. The Morgan fingerprint density at radius 2 is 2.00 bits per heavy atom. The fourth-order valence-electron chi connectivity index (χ4n) is 1.90. The lowest BCUT2D eigenvalue weighted by Crippen LogP contribution is -2.37. The van der Waals surface area contributed by atoms with E-state index >= 15 is 0 Å². The lowest BCUT2D eigenvalue weighted by Gasteiger charge is -2.12. The molecule has 0 fully saturated rings. The topological polar surface area (TPSA) is 50.4 Å². The summed E-state index contributed by atoms with van der Waals surface area (Å²) in [5.74, 6) is 0.393. The summed E-state index contributed by atoms with van der Waals surface area (Å²) >= 11 is 8.49. The highest BCUT2D eigenvalue weighted by atomic mass is 79.9. The summed E-state index contributed by atoms with van der Waals surface area (Å²) in [5.41, 5.74) is 2.86. The van der Waals surface area contributed by atoms with E-state index in [1.54, 1.807) is 0 Å². The highest BCUT2D eigenvalue weighted by Gasteiger charge is 2.07. The maximum Gasteiger partial charge on any atom is 0.264 e. The molecule has 0 saturated carbocycles. The number of anilines is 1. The summed E-state index contributed by atoms with van der Waals surface area (Å²) < 4.78 is 6.47. The summed E-state index contributed by atoms with van der Waals surface area (Å²) in [6.07, 6.45) is 0. The van der Waals surface area contributed by atoms with Gasteiger partial charge in [0.25, 0.3) is 5.91 Å². The van der Waals surface area contributed by atoms with Crippen LogP contribution in [0, 0.1) is 13.8 Å². The summed E-state index contributed by atoms with van der Waals surface area (Å²) in [6.45, 7) is 3.82. The van der Waals surface area contributed by atoms with E-state index < -0.39 is 0 Å². The Morgan fingerprint density at radius 1 is 1.22 bits per heavy atom. The molecule has 6 heteroatoms. The molecule has 2 rings (SSSR count). The molecule has 120 valence electrons. The Kier molecular flexibility index (Phi) is 6.12. The molecule has 0 spiro atoms. The van der Waals surface area contributed by atoms with Crippen molar-refractivity contribution in [2.24, 2.45) is 0 Å². The van der Waals surface area contributed by atoms with Crippen LogP contribution in [0.5, 0.6) is 5.75 Å². The molecule has 0 aliphatic heterocycles. The lowest BCUT2D eigenvalue weighted by molar-refractivity contribution is -0.121. The van der Waals surface area contributed by atoms with Crippen LogP contribution in [0.3, 0.4) is 0 Å². The number of ether oxygens (including phenoxy) is 1. The molecule has 0 bridgehead atoms. The molecule has 0 radical (unpaired) electrons. The van der Waals surface area contributed by atoms with E-state index in [0.29, 0.717) is 5.75 Å². The third kappa shape index (κ3) is 5.65. The zero-order valence-corrected chi connectivity index (χ0v) is 15.3. The number of halogens is 1. The first kappa shape index (κ1) is 17.4. The largest absolute Gasteiger partial charge is 0.483 e. The van der Waals surface area contributed by atoms with Crippen molar-refractivity contribution in [1.82, 2.24) is 5.32 Å². The van der Waals surface area contributed by atoms with Gasteiger partial charge in [-0.25, -0.2) is 0 Å². The van der Waals surface area contributed by atoms with Gasteiger partial charge >= 0.3 is 0 Å². The van der Waals surface area contributed by atoms with Crippen LogP contribution in [0.25, 0.3) is 0 Å². The van der Waals surface area contributed by atoms with Gasteiger partial charge in [0.1, 0.15) is 5.75 Å². The van der Waals surface area contributed by atoms with E-state index in [2.05, 4.69) is 26.6 Å². The molecule has 0 aromatic heterocycles. The monoisotopic (exact) mass is 392 g/mol. The van der Waals surface area contributed by atoms with Gasteiger partial charge in [-0.3, -0.25) is 10.1 Å². The summed E-state index contributed by atoms with van der Waals surface area (Å²) in [7, 11) is 0. The summed E-state index contributed by atoms with van der Waals surface area (Å²) in [6, 6.07) is 13.4. The fraction of sp³-hybridized carbons (Fsp3) is 0.176. The van der Waals surface area contributed by atoms with Gasteiger partial charge in [0.2, 0.25) is 0 Å². The molecular formula is C17H17BrN2O2S. The standard InChI is InChI=1S/C17H17BrN2O2S/c1-11-6-7-12(2)15(8-11)22-10-16(21)20-17(23)19-14-5-3-4-13(18)9-14/h3-9H,10H2,1-2H3,(H2,19,20,21,23). The molecule has 23 heavy (non-hydrogen) atoms. The van der Waals surface area contributed by atoms with Gasteiger partial charge in [0, 0.05) is 10.2 Å². The highest BCUT2D eigenvalue weighted by Crippen LogP contribution is 2.19. The van der Waals surface area contributed by atoms with Crippen molar-refractivity contribution in [3.63, 3.8) is 0 Å². The molecule has 1 amide bonds. The average molecular weight is 393 g/mol. The normalized spacial score (nSPS) is 10.0. The molecular weight excluding hydrogens is 376 g/mol. The van der Waals surface area contributed by atoms with E-state index in [-0.39, 0.29) is 17.6 Å². The minimum atomic E-state index is -0.307. The molecule has 0 heterocycles. The highest BCUT2D eigenvalue weighted by molar-refractivity contribution is 9.10. The number of carbonyl (C=O) groups is 1. The Hall–Kier alpha value is -1.92. The van der Waals surface area contributed by atoms with Crippen LogP contribution < -0.4 is 15.4 Å². The Bertz CT molecular complexity index is 734. The van der Waals surface area contributed by atoms with Crippen molar-refractivity contribution < 1.29 is 9.53 Å². The SMILES string of the molecule is Cc1ccc(C)c(OCC(=O)NC(=S)Nc2cccc(Br)c2)c1. The van der Waals surface area contributed by atoms with Crippen molar-refractivity contribution in [3.8, 4) is 5.75 Å². The minimum absolute atomic E-state index is 0.0927. The van der Waals surface area contributed by atoms with Crippen LogP contribution in [0.2, 0.25) is 0 Å². The molecule has 0 saturated heterocycles. The fourth-order valence-corrected chi connectivity index (χ4v) is 2.53. The van der Waals surface area contributed by atoms with Crippen LogP contribution >= 0.6 is 28.1 Å². The zero-order chi connectivity index (χ0) is 16.8. The molecule has 2 aromatic rings. The molecule has 0 aliphatic carbocycles. The number of thiocarbonyl (C=S) groups is 1. The number of aryl methyl sites for hydroxylation is 2. The molecule has 2 aromatic carbocycles. The van der Waals surface area contributed by atoms with Gasteiger partial charge in [-0.2, -0.15) is 0 Å². The predicted molar refractivity (Wildman–Crippen MR) is 99.9 cm³/mol. The summed E-state index contributed by atoms with van der Waals surface area (Å²) in [5, 5.41) is 5.77. The van der Waals surface area contributed by atoms with Crippen LogP contribution in [0.4, 0.5) is 5.69 Å². The Labute approximate surface area is 149 Å². The molecule has 2 N–H and O–H groups in total. The van der Waals surface area contributed by atoms with Gasteiger partial charge in [0.05, 0.1) is 0 Å². The second-order valence-corrected chi connectivity index (χ2v) is 6.39. The molecule has 0 aliphatic rings. The Morgan fingerprint density at radius 3 is 2.74 bits per heavy atom. The molecule has 4 nitrogen and oxygen atoms in total. The van der Waals surface area contributed by atoms with Crippen molar-refractivity contribution in [1.29, 1.82) is 0 Å². The van der Waals surface area contributed by atoms with Crippen LogP contribution in [-0.4, -0.2) is 17.6 Å². The van der Waals surface area contributed by atoms with Crippen molar-refractivity contribution in [2.45, 2.75) is 13.8 Å². The van der Waals surface area contributed by atoms with E-state index in [1.165, 1.54) is 0 Å². The first-order valence-corrected chi connectivity index (χ1v) is 8.20. The van der Waals surface area contributed by atoms with Crippen molar-refractivity contribution in [2.75, 3.05) is 11.9 Å². The summed E-state index contributed by atoms with van der Waals surface area (Å²) in [4.78, 5) is 11.9. The maximum absolute atomic E-state index is 11.9. The lowest BCUT2D eigenvalue weighted by atomic mass is 10.1. The van der Waals surface area contributed by atoms with Crippen molar-refractivity contribution in [3.05, 3.63) is 58.1 Å². The van der Waals surface area contributed by atoms with Crippen LogP contribution in [0.1, 0.15) is 11.1 Å². The molecule has 0 unspecified atom stereocenters. The van der Waals surface area contributed by atoms with Crippen LogP contribution in [-0.2, 0) is 4.79 Å². The Balaban J connectivity index is 1.84. The quantitative estimate of drug-likeness (QED) is 0.773. The number of carbonyl (C=O) groups excluding carboxylic acids is 1. The number of amides is 1. The minimum Gasteiger partial charge on any atom is -0.483 e. The van der Waals surface area contributed by atoms with Gasteiger partial charge < -0.3 is 10.1 Å². The van der Waals surface area contributed by atoms with Gasteiger partial charge in [-0.15, -0.1) is 0 Å². The van der Waals surface area contributed by atoms with Gasteiger partial charge in [-0.05, 0) is 61.5 Å². The van der Waals surface area contributed by atoms with Gasteiger partial charge in [0.15, 0.2) is 11.7 Å². The van der Waals surface area contributed by atoms with E-state index in [1.807, 2.05) is 56.3 Å². The predicted octanol–water partition coefficient (Wildman–Crippen LogP) is 3.96. The molecule has 0 atom stereocenters. The van der Waals surface area contributed by atoms with Crippen molar-refractivity contribution >= 4 is 44.9 Å². The number of rotatable bonds is 4. The number of hydrogen-bond acceptors (Lipinski definition) is 3. The van der Waals surface area contributed by atoms with E-state index in [0.717, 1.165) is 21.3 Å². The third-order valence-corrected chi connectivity index (χ3v) is 3.74. The smallest absolute Gasteiger partial charge is 0.264 e. The van der Waals surface area contributed by atoms with E-state index in [9.17, 15) is 4.79 Å². The first-order valence-electron chi connectivity index (χ1n) is 7.00. The number of nitrogens with one attached hydrogen (secondary N) is 2. The average Bonchev–Trinajstić information content (AvgIpc) is 2.48. The van der Waals surface area contributed by atoms with Crippen LogP contribution in [0.15, 0.2) is 46.9 Å². The first-order chi connectivity index (χ1) is 10.9. The maximum atomic E-state index is 11.9. The number of benzene rings is 2. The second kappa shape index (κ2) is 8.08. The zero-order valence-electron chi connectivity index (χ0n) is 12.9. The number of hydrogen-bond donors (Lipinski definition) is 2.